The van der Waals surface area contributed by atoms with Gasteiger partial charge in [0.25, 0.3) is 0 Å². The van der Waals surface area contributed by atoms with E-state index in [1.54, 1.807) is 11.8 Å². The van der Waals surface area contributed by atoms with Crippen LogP contribution < -0.4 is 4.90 Å². The van der Waals surface area contributed by atoms with Crippen LogP contribution in [0, 0.1) is 0 Å². The lowest BCUT2D eigenvalue weighted by Gasteiger charge is -2.31. The lowest BCUT2D eigenvalue weighted by molar-refractivity contribution is 0.877. The zero-order valence-electron chi connectivity index (χ0n) is 11.3. The zero-order valence-corrected chi connectivity index (χ0v) is 12.1. The summed E-state index contributed by atoms with van der Waals surface area (Å²) in [5.41, 5.74) is 2.23. The molecule has 4 heteroatoms. The van der Waals surface area contributed by atoms with Crippen LogP contribution >= 0.6 is 11.8 Å². The second-order valence-corrected chi connectivity index (χ2v) is 5.89. The molecule has 0 unspecified atom stereocenters. The highest BCUT2D eigenvalue weighted by atomic mass is 32.2. The molecular formula is C17H13N3S. The van der Waals surface area contributed by atoms with Gasteiger partial charge in [-0.1, -0.05) is 30.0 Å². The summed E-state index contributed by atoms with van der Waals surface area (Å²) in [5.74, 6) is 1.01. The lowest BCUT2D eigenvalue weighted by atomic mass is 10.2. The third-order valence-electron chi connectivity index (χ3n) is 3.43. The number of pyridine rings is 2. The number of hydrogen-bond acceptors (Lipinski definition) is 4. The average molecular weight is 291 g/mol. The lowest BCUT2D eigenvalue weighted by Crippen LogP contribution is -2.21. The van der Waals surface area contributed by atoms with Gasteiger partial charge in [-0.15, -0.1) is 0 Å². The Hall–Kier alpha value is -2.33. The summed E-state index contributed by atoms with van der Waals surface area (Å²) in [4.78, 5) is 13.7. The van der Waals surface area contributed by atoms with Crippen LogP contribution in [0.2, 0.25) is 0 Å². The van der Waals surface area contributed by atoms with Crippen molar-refractivity contribution in [3.63, 3.8) is 0 Å². The van der Waals surface area contributed by atoms with Crippen LogP contribution in [0.5, 0.6) is 0 Å². The van der Waals surface area contributed by atoms with E-state index in [0.29, 0.717) is 0 Å². The summed E-state index contributed by atoms with van der Waals surface area (Å²) in [6.45, 7) is 0.725. The standard InChI is InChI=1S/C17H13N3S/c1-2-8-15-14(7-1)20(12-13-6-3-4-10-18-13)17-16(21-15)9-5-11-19-17/h1-11H,12H2. The molecule has 0 N–H and O–H groups in total. The number of fused-ring (bicyclic) bond motifs is 2. The fourth-order valence-corrected chi connectivity index (χ4v) is 3.54. The van der Waals surface area contributed by atoms with Crippen molar-refractivity contribution in [2.75, 3.05) is 4.90 Å². The van der Waals surface area contributed by atoms with Gasteiger partial charge in [-0.2, -0.15) is 0 Å². The number of nitrogens with zero attached hydrogens (tertiary/aromatic N) is 3. The molecule has 0 aliphatic carbocycles. The summed E-state index contributed by atoms with van der Waals surface area (Å²) in [5, 5.41) is 0. The average Bonchev–Trinajstić information content (AvgIpc) is 2.55. The van der Waals surface area contributed by atoms with E-state index in [1.165, 1.54) is 15.5 Å². The van der Waals surface area contributed by atoms with Crippen LogP contribution in [-0.2, 0) is 6.54 Å². The fraction of sp³-hybridized carbons (Fsp3) is 0.0588. The van der Waals surface area contributed by atoms with E-state index < -0.39 is 0 Å². The molecular weight excluding hydrogens is 278 g/mol. The summed E-state index contributed by atoms with van der Waals surface area (Å²) >= 11 is 1.77. The summed E-state index contributed by atoms with van der Waals surface area (Å²) in [6, 6.07) is 18.6. The van der Waals surface area contributed by atoms with E-state index in [1.807, 2.05) is 36.7 Å². The maximum absolute atomic E-state index is 4.57. The molecule has 0 fully saturated rings. The van der Waals surface area contributed by atoms with Crippen LogP contribution in [0.3, 0.4) is 0 Å². The van der Waals surface area contributed by atoms with Crippen molar-refractivity contribution in [3.05, 3.63) is 72.7 Å². The fourth-order valence-electron chi connectivity index (χ4n) is 2.48. The zero-order chi connectivity index (χ0) is 14.1. The Morgan fingerprint density at radius 2 is 1.62 bits per heavy atom. The van der Waals surface area contributed by atoms with Crippen LogP contribution in [0.25, 0.3) is 0 Å². The van der Waals surface area contributed by atoms with Gasteiger partial charge in [-0.25, -0.2) is 4.98 Å². The molecule has 3 aromatic rings. The van der Waals surface area contributed by atoms with Gasteiger partial charge in [0, 0.05) is 17.3 Å². The third kappa shape index (κ3) is 2.28. The molecule has 21 heavy (non-hydrogen) atoms. The van der Waals surface area contributed by atoms with Gasteiger partial charge in [0.2, 0.25) is 0 Å². The first kappa shape index (κ1) is 12.4. The van der Waals surface area contributed by atoms with Crippen molar-refractivity contribution >= 4 is 23.3 Å². The number of benzene rings is 1. The molecule has 1 aliphatic rings. The summed E-state index contributed by atoms with van der Waals surface area (Å²) < 4.78 is 0. The Labute approximate surface area is 127 Å². The minimum Gasteiger partial charge on any atom is -0.318 e. The van der Waals surface area contributed by atoms with E-state index in [9.17, 15) is 0 Å². The molecule has 3 nitrogen and oxygen atoms in total. The van der Waals surface area contributed by atoms with Gasteiger partial charge in [0.15, 0.2) is 0 Å². The first-order valence-corrected chi connectivity index (χ1v) is 7.63. The first-order valence-electron chi connectivity index (χ1n) is 6.81. The number of hydrogen-bond donors (Lipinski definition) is 0. The van der Waals surface area contributed by atoms with Gasteiger partial charge < -0.3 is 4.90 Å². The largest absolute Gasteiger partial charge is 0.318 e. The topological polar surface area (TPSA) is 29.0 Å². The second kappa shape index (κ2) is 5.22. The normalized spacial score (nSPS) is 12.7. The molecule has 1 aromatic carbocycles. The third-order valence-corrected chi connectivity index (χ3v) is 4.53. The smallest absolute Gasteiger partial charge is 0.147 e. The predicted octanol–water partition coefficient (Wildman–Crippen LogP) is 4.28. The molecule has 1 aliphatic heterocycles. The van der Waals surface area contributed by atoms with Crippen LogP contribution in [-0.4, -0.2) is 9.97 Å². The van der Waals surface area contributed by atoms with Crippen molar-refractivity contribution in [3.8, 4) is 0 Å². The highest BCUT2D eigenvalue weighted by Crippen LogP contribution is 2.47. The van der Waals surface area contributed by atoms with Crippen LogP contribution in [0.1, 0.15) is 5.69 Å². The number of aromatic nitrogens is 2. The van der Waals surface area contributed by atoms with Gasteiger partial charge >= 0.3 is 0 Å². The van der Waals surface area contributed by atoms with Crippen molar-refractivity contribution < 1.29 is 0 Å². The Morgan fingerprint density at radius 1 is 0.810 bits per heavy atom. The minimum absolute atomic E-state index is 0.725. The Morgan fingerprint density at radius 3 is 2.52 bits per heavy atom. The molecule has 0 radical (unpaired) electrons. The van der Waals surface area contributed by atoms with Crippen molar-refractivity contribution in [2.24, 2.45) is 0 Å². The van der Waals surface area contributed by atoms with Gasteiger partial charge in [-0.05, 0) is 36.4 Å². The molecule has 4 rings (SSSR count). The molecule has 3 heterocycles. The monoisotopic (exact) mass is 291 g/mol. The summed E-state index contributed by atoms with van der Waals surface area (Å²) in [6.07, 6.45) is 3.68. The van der Waals surface area contributed by atoms with Gasteiger partial charge in [0.1, 0.15) is 5.82 Å². The Balaban J connectivity index is 1.82. The molecule has 0 spiro atoms. The SMILES string of the molecule is c1ccc(CN2c3ccccc3Sc3cccnc32)nc1. The molecule has 2 aromatic heterocycles. The van der Waals surface area contributed by atoms with Crippen LogP contribution in [0.15, 0.2) is 76.8 Å². The van der Waals surface area contributed by atoms with Crippen LogP contribution in [0.4, 0.5) is 11.5 Å². The Bertz CT molecular complexity index is 728. The quantitative estimate of drug-likeness (QED) is 0.704. The highest BCUT2D eigenvalue weighted by molar-refractivity contribution is 7.99. The van der Waals surface area contributed by atoms with Crippen molar-refractivity contribution in [2.45, 2.75) is 16.3 Å². The molecule has 0 saturated carbocycles. The van der Waals surface area contributed by atoms with E-state index in [-0.39, 0.29) is 0 Å². The molecule has 102 valence electrons. The number of para-hydroxylation sites is 1. The minimum atomic E-state index is 0.725. The first-order chi connectivity index (χ1) is 10.4. The van der Waals surface area contributed by atoms with Gasteiger partial charge in [-0.3, -0.25) is 4.98 Å². The highest BCUT2D eigenvalue weighted by Gasteiger charge is 2.24. The van der Waals surface area contributed by atoms with E-state index in [0.717, 1.165) is 18.1 Å². The molecule has 0 bridgehead atoms. The molecule has 0 atom stereocenters. The van der Waals surface area contributed by atoms with Gasteiger partial charge in [0.05, 0.1) is 22.8 Å². The van der Waals surface area contributed by atoms with E-state index >= 15 is 0 Å². The second-order valence-electron chi connectivity index (χ2n) is 4.80. The summed E-state index contributed by atoms with van der Waals surface area (Å²) in [7, 11) is 0. The van der Waals surface area contributed by atoms with E-state index in [4.69, 9.17) is 0 Å². The maximum atomic E-state index is 4.57. The maximum Gasteiger partial charge on any atom is 0.147 e. The Kier molecular flexibility index (Phi) is 3.09. The van der Waals surface area contributed by atoms with E-state index in [2.05, 4.69) is 45.2 Å². The molecule has 0 saturated heterocycles. The number of anilines is 2. The van der Waals surface area contributed by atoms with Crippen molar-refractivity contribution in [1.82, 2.24) is 9.97 Å². The number of rotatable bonds is 2. The molecule has 0 amide bonds. The van der Waals surface area contributed by atoms with Crippen molar-refractivity contribution in [1.29, 1.82) is 0 Å². The predicted molar refractivity (Wildman–Crippen MR) is 84.9 cm³/mol.